The Morgan fingerprint density at radius 3 is 2.57 bits per heavy atom. The van der Waals surface area contributed by atoms with E-state index in [-0.39, 0.29) is 18.7 Å². The highest BCUT2D eigenvalue weighted by Gasteiger charge is 2.51. The van der Waals surface area contributed by atoms with Crippen LogP contribution in [0.4, 0.5) is 17.1 Å². The maximum atomic E-state index is 12.6. The van der Waals surface area contributed by atoms with Crippen molar-refractivity contribution in [3.05, 3.63) is 66.2 Å². The van der Waals surface area contributed by atoms with Crippen molar-refractivity contribution in [1.29, 1.82) is 0 Å². The van der Waals surface area contributed by atoms with Crippen LogP contribution in [-0.4, -0.2) is 28.0 Å². The third kappa shape index (κ3) is 2.64. The number of nitrogens with zero attached hydrogens (tertiary/aromatic N) is 2. The van der Waals surface area contributed by atoms with Gasteiger partial charge in [0.25, 0.3) is 0 Å². The lowest BCUT2D eigenvalue weighted by molar-refractivity contribution is -0.152. The Bertz CT molecular complexity index is 1140. The third-order valence-corrected chi connectivity index (χ3v) is 5.71. The number of nitrogens with one attached hydrogen (secondary N) is 3. The van der Waals surface area contributed by atoms with E-state index < -0.39 is 11.4 Å². The molecule has 2 aliphatic rings. The number of carbonyl (C=O) groups is 2. The molecule has 1 aromatic heterocycles. The molecule has 1 amide bonds. The predicted octanol–water partition coefficient (Wildman–Crippen LogP) is 3.18. The van der Waals surface area contributed by atoms with E-state index in [0.717, 1.165) is 22.6 Å². The van der Waals surface area contributed by atoms with Gasteiger partial charge >= 0.3 is 5.97 Å². The first-order valence-electron chi connectivity index (χ1n) is 9.79. The van der Waals surface area contributed by atoms with Crippen molar-refractivity contribution in [2.75, 3.05) is 22.6 Å². The smallest absolute Gasteiger partial charge is 0.326 e. The summed E-state index contributed by atoms with van der Waals surface area (Å²) in [6.45, 7) is 3.55. The normalized spacial score (nSPS) is 21.3. The van der Waals surface area contributed by atoms with Gasteiger partial charge in [-0.15, -0.1) is 0 Å². The summed E-state index contributed by atoms with van der Waals surface area (Å²) in [7, 11) is 0. The van der Waals surface area contributed by atoms with Crippen molar-refractivity contribution < 1.29 is 14.3 Å². The minimum atomic E-state index is -1.35. The topological polar surface area (TPSA) is 97.3 Å². The Morgan fingerprint density at radius 1 is 1.17 bits per heavy atom. The van der Waals surface area contributed by atoms with Crippen molar-refractivity contribution >= 4 is 28.9 Å². The second-order valence-corrected chi connectivity index (χ2v) is 7.53. The van der Waals surface area contributed by atoms with Crippen LogP contribution in [0, 0.1) is 0 Å². The van der Waals surface area contributed by atoms with Gasteiger partial charge in [0.15, 0.2) is 5.41 Å². The van der Waals surface area contributed by atoms with Crippen molar-refractivity contribution in [2.24, 2.45) is 0 Å². The molecule has 2 unspecified atom stereocenters. The SMILES string of the molecule is CCOC(=O)C1(C)C(=O)Nc2cc3c(cc21)NC(c1ccc(-n2ccnc2)cc1)N3. The highest BCUT2D eigenvalue weighted by molar-refractivity contribution is 6.19. The van der Waals surface area contributed by atoms with Crippen LogP contribution in [0.5, 0.6) is 0 Å². The molecule has 0 saturated heterocycles. The number of hydrogen-bond acceptors (Lipinski definition) is 6. The quantitative estimate of drug-likeness (QED) is 0.457. The number of esters is 1. The maximum absolute atomic E-state index is 12.6. The first-order chi connectivity index (χ1) is 14.5. The Kier molecular flexibility index (Phi) is 4.02. The number of fused-ring (bicyclic) bond motifs is 2. The molecule has 5 rings (SSSR count). The van der Waals surface area contributed by atoms with Crippen LogP contribution in [0.25, 0.3) is 5.69 Å². The fourth-order valence-electron chi connectivity index (χ4n) is 3.97. The summed E-state index contributed by atoms with van der Waals surface area (Å²) < 4.78 is 7.11. The lowest BCUT2D eigenvalue weighted by Gasteiger charge is -2.20. The van der Waals surface area contributed by atoms with Gasteiger partial charge in [0.1, 0.15) is 6.17 Å². The molecule has 0 radical (unpaired) electrons. The molecule has 0 spiro atoms. The van der Waals surface area contributed by atoms with Gasteiger partial charge < -0.3 is 25.3 Å². The van der Waals surface area contributed by atoms with Gasteiger partial charge in [-0.05, 0) is 43.7 Å². The molecule has 3 heterocycles. The Labute approximate surface area is 173 Å². The summed E-state index contributed by atoms with van der Waals surface area (Å²) in [4.78, 5) is 29.2. The number of aromatic nitrogens is 2. The molecule has 3 aromatic rings. The minimum absolute atomic E-state index is 0.121. The number of anilines is 3. The standard InChI is InChI=1S/C22H21N5O3/c1-3-30-21(29)22(2)15-10-17-18(11-16(15)26-20(22)28)25-19(24-17)13-4-6-14(7-5-13)27-9-8-23-12-27/h4-12,19,24-25H,3H2,1-2H3,(H,26,28). The Hall–Kier alpha value is -3.81. The largest absolute Gasteiger partial charge is 0.465 e. The number of ether oxygens (including phenoxy) is 1. The van der Waals surface area contributed by atoms with Crippen LogP contribution < -0.4 is 16.0 Å². The number of imidazole rings is 1. The Morgan fingerprint density at radius 2 is 1.90 bits per heavy atom. The first kappa shape index (κ1) is 18.2. The zero-order valence-corrected chi connectivity index (χ0v) is 16.6. The minimum Gasteiger partial charge on any atom is -0.465 e. The number of carbonyl (C=O) groups excluding carboxylic acids is 2. The average molecular weight is 403 g/mol. The molecule has 0 aliphatic carbocycles. The summed E-state index contributed by atoms with van der Waals surface area (Å²) in [5, 5.41) is 9.69. The molecule has 152 valence electrons. The number of amides is 1. The number of hydrogen-bond donors (Lipinski definition) is 3. The van der Waals surface area contributed by atoms with Crippen molar-refractivity contribution in [1.82, 2.24) is 9.55 Å². The molecule has 8 heteroatoms. The molecule has 0 saturated carbocycles. The number of benzene rings is 2. The summed E-state index contributed by atoms with van der Waals surface area (Å²) in [5.74, 6) is -0.912. The molecule has 3 N–H and O–H groups in total. The van der Waals surface area contributed by atoms with Crippen molar-refractivity contribution in [3.63, 3.8) is 0 Å². The van der Waals surface area contributed by atoms with E-state index in [0.29, 0.717) is 11.3 Å². The van der Waals surface area contributed by atoms with Gasteiger partial charge in [0, 0.05) is 29.3 Å². The lowest BCUT2D eigenvalue weighted by Crippen LogP contribution is -2.40. The van der Waals surface area contributed by atoms with Crippen LogP contribution in [-0.2, 0) is 19.7 Å². The Balaban J connectivity index is 1.42. The summed E-state index contributed by atoms with van der Waals surface area (Å²) in [6, 6.07) is 11.9. The van der Waals surface area contributed by atoms with Crippen molar-refractivity contribution in [2.45, 2.75) is 25.4 Å². The number of rotatable bonds is 4. The third-order valence-electron chi connectivity index (χ3n) is 5.71. The van der Waals surface area contributed by atoms with Gasteiger partial charge in [-0.1, -0.05) is 12.1 Å². The predicted molar refractivity (Wildman–Crippen MR) is 113 cm³/mol. The summed E-state index contributed by atoms with van der Waals surface area (Å²) in [5.41, 5.74) is 3.68. The van der Waals surface area contributed by atoms with E-state index in [9.17, 15) is 9.59 Å². The van der Waals surface area contributed by atoms with Crippen LogP contribution in [0.3, 0.4) is 0 Å². The second-order valence-electron chi connectivity index (χ2n) is 7.53. The van der Waals surface area contributed by atoms with E-state index >= 15 is 0 Å². The highest BCUT2D eigenvalue weighted by Crippen LogP contribution is 2.46. The molecule has 2 aliphatic heterocycles. The summed E-state index contributed by atoms with van der Waals surface area (Å²) >= 11 is 0. The van der Waals surface area contributed by atoms with E-state index in [4.69, 9.17) is 4.74 Å². The van der Waals surface area contributed by atoms with Crippen LogP contribution in [0.15, 0.2) is 55.1 Å². The molecule has 30 heavy (non-hydrogen) atoms. The second kappa shape index (κ2) is 6.62. The molecule has 0 fully saturated rings. The van der Waals surface area contributed by atoms with Gasteiger partial charge in [-0.2, -0.15) is 0 Å². The van der Waals surface area contributed by atoms with E-state index in [2.05, 4.69) is 20.9 Å². The van der Waals surface area contributed by atoms with Gasteiger partial charge in [-0.25, -0.2) is 4.98 Å². The summed E-state index contributed by atoms with van der Waals surface area (Å²) in [6.07, 6.45) is 5.27. The van der Waals surface area contributed by atoms with E-state index in [1.165, 1.54) is 0 Å². The monoisotopic (exact) mass is 403 g/mol. The van der Waals surface area contributed by atoms with Gasteiger partial charge in [0.05, 0.1) is 24.3 Å². The highest BCUT2D eigenvalue weighted by atomic mass is 16.5. The van der Waals surface area contributed by atoms with Crippen LogP contribution in [0.2, 0.25) is 0 Å². The maximum Gasteiger partial charge on any atom is 0.326 e. The van der Waals surface area contributed by atoms with Crippen LogP contribution in [0.1, 0.15) is 31.1 Å². The molecular weight excluding hydrogens is 382 g/mol. The van der Waals surface area contributed by atoms with Crippen LogP contribution >= 0.6 is 0 Å². The zero-order chi connectivity index (χ0) is 20.9. The molecule has 0 bridgehead atoms. The molecule has 8 nitrogen and oxygen atoms in total. The molecule has 2 aromatic carbocycles. The van der Waals surface area contributed by atoms with E-state index in [1.807, 2.05) is 47.2 Å². The fourth-order valence-corrected chi connectivity index (χ4v) is 3.97. The fraction of sp³-hybridized carbons (Fsp3) is 0.227. The molecule has 2 atom stereocenters. The van der Waals surface area contributed by atoms with Gasteiger partial charge in [0.2, 0.25) is 5.91 Å². The first-order valence-corrected chi connectivity index (χ1v) is 9.79. The van der Waals surface area contributed by atoms with Gasteiger partial charge in [-0.3, -0.25) is 9.59 Å². The zero-order valence-electron chi connectivity index (χ0n) is 16.6. The average Bonchev–Trinajstić information content (AvgIpc) is 3.47. The molecular formula is C22H21N5O3. The van der Waals surface area contributed by atoms with Crippen molar-refractivity contribution in [3.8, 4) is 5.69 Å². The van der Waals surface area contributed by atoms with E-state index in [1.54, 1.807) is 26.4 Å². The lowest BCUT2D eigenvalue weighted by atomic mass is 9.83.